The lowest BCUT2D eigenvalue weighted by Crippen LogP contribution is -2.10. The quantitative estimate of drug-likeness (QED) is 0.188. The van der Waals surface area contributed by atoms with Gasteiger partial charge in [0.15, 0.2) is 5.16 Å². The highest BCUT2D eigenvalue weighted by Gasteiger charge is 2.00. The third-order valence-electron chi connectivity index (χ3n) is 1.86. The van der Waals surface area contributed by atoms with Gasteiger partial charge in [0, 0.05) is 19.2 Å². The molecule has 0 amide bonds. The second-order valence-corrected chi connectivity index (χ2v) is 4.18. The number of aryl methyl sites for hydroxylation is 1. The standard InChI is InChI=1S/C8H15N5OS/c1-13-6-10-11-8(13)15-5-3-2-4-7(9)12-14/h6,14H,2-5H2,1H3,(H2,9,12). The molecule has 1 aromatic heterocycles. The molecule has 0 aromatic carbocycles. The summed E-state index contributed by atoms with van der Waals surface area (Å²) in [5.74, 6) is 1.25. The van der Waals surface area contributed by atoms with E-state index < -0.39 is 0 Å². The van der Waals surface area contributed by atoms with Crippen molar-refractivity contribution in [1.82, 2.24) is 14.8 Å². The molecule has 0 spiro atoms. The fourth-order valence-electron chi connectivity index (χ4n) is 1.02. The van der Waals surface area contributed by atoms with Crippen molar-refractivity contribution in [3.63, 3.8) is 0 Å². The molecule has 0 aliphatic carbocycles. The van der Waals surface area contributed by atoms with Crippen LogP contribution in [0.4, 0.5) is 0 Å². The van der Waals surface area contributed by atoms with Crippen LogP contribution in [0.3, 0.4) is 0 Å². The summed E-state index contributed by atoms with van der Waals surface area (Å²) in [6, 6.07) is 0. The number of hydrogen-bond acceptors (Lipinski definition) is 5. The highest BCUT2D eigenvalue weighted by atomic mass is 32.2. The van der Waals surface area contributed by atoms with Crippen molar-refractivity contribution in [2.24, 2.45) is 17.9 Å². The van der Waals surface area contributed by atoms with Gasteiger partial charge in [0.25, 0.3) is 0 Å². The van der Waals surface area contributed by atoms with Crippen LogP contribution < -0.4 is 5.73 Å². The van der Waals surface area contributed by atoms with Crippen LogP contribution in [-0.2, 0) is 7.05 Å². The topological polar surface area (TPSA) is 89.3 Å². The Labute approximate surface area is 92.6 Å². The van der Waals surface area contributed by atoms with Crippen LogP contribution in [0.15, 0.2) is 16.6 Å². The molecule has 0 radical (unpaired) electrons. The first-order valence-electron chi connectivity index (χ1n) is 4.67. The maximum atomic E-state index is 8.31. The highest BCUT2D eigenvalue weighted by Crippen LogP contribution is 2.15. The first kappa shape index (κ1) is 11.8. The smallest absolute Gasteiger partial charge is 0.190 e. The molecule has 0 aliphatic rings. The zero-order chi connectivity index (χ0) is 11.1. The van der Waals surface area contributed by atoms with Crippen LogP contribution in [0.5, 0.6) is 0 Å². The van der Waals surface area contributed by atoms with Crippen molar-refractivity contribution in [2.45, 2.75) is 24.4 Å². The van der Waals surface area contributed by atoms with E-state index >= 15 is 0 Å². The van der Waals surface area contributed by atoms with Crippen LogP contribution in [-0.4, -0.2) is 31.6 Å². The summed E-state index contributed by atoms with van der Waals surface area (Å²) in [5.41, 5.74) is 5.34. The van der Waals surface area contributed by atoms with Crippen LogP contribution in [0, 0.1) is 0 Å². The SMILES string of the molecule is Cn1cnnc1SCCCCC(N)=NO. The Morgan fingerprint density at radius 1 is 1.67 bits per heavy atom. The van der Waals surface area contributed by atoms with Crippen molar-refractivity contribution in [1.29, 1.82) is 0 Å². The number of nitrogens with two attached hydrogens (primary N) is 1. The largest absolute Gasteiger partial charge is 0.409 e. The Kier molecular flexibility index (Phi) is 4.96. The predicted molar refractivity (Wildman–Crippen MR) is 59.0 cm³/mol. The third kappa shape index (κ3) is 4.20. The fraction of sp³-hybridized carbons (Fsp3) is 0.625. The summed E-state index contributed by atoms with van der Waals surface area (Å²) in [7, 11) is 1.92. The first-order valence-corrected chi connectivity index (χ1v) is 5.66. The number of nitrogens with zero attached hydrogens (tertiary/aromatic N) is 4. The van der Waals surface area contributed by atoms with Crippen molar-refractivity contribution in [3.8, 4) is 0 Å². The molecule has 1 heterocycles. The van der Waals surface area contributed by atoms with E-state index in [1.807, 2.05) is 11.6 Å². The minimum atomic E-state index is 0.290. The molecular formula is C8H15N5OS. The summed E-state index contributed by atoms with van der Waals surface area (Å²) in [4.78, 5) is 0. The second kappa shape index (κ2) is 6.28. The molecule has 0 aliphatic heterocycles. The average Bonchev–Trinajstić information content (AvgIpc) is 2.63. The Morgan fingerprint density at radius 2 is 2.47 bits per heavy atom. The van der Waals surface area contributed by atoms with Gasteiger partial charge in [-0.25, -0.2) is 0 Å². The summed E-state index contributed by atoms with van der Waals surface area (Å²) >= 11 is 1.66. The first-order chi connectivity index (χ1) is 7.24. The van der Waals surface area contributed by atoms with Gasteiger partial charge in [-0.05, 0) is 12.8 Å². The predicted octanol–water partition coefficient (Wildman–Crippen LogP) is 0.824. The normalized spacial score (nSPS) is 11.9. The molecule has 0 atom stereocenters. The molecule has 0 saturated carbocycles. The molecule has 0 unspecified atom stereocenters. The van der Waals surface area contributed by atoms with E-state index in [0.29, 0.717) is 12.3 Å². The van der Waals surface area contributed by atoms with Gasteiger partial charge in [0.1, 0.15) is 12.2 Å². The number of amidine groups is 1. The van der Waals surface area contributed by atoms with Crippen molar-refractivity contribution in [2.75, 3.05) is 5.75 Å². The maximum absolute atomic E-state index is 8.31. The number of hydrogen-bond donors (Lipinski definition) is 2. The van der Waals surface area contributed by atoms with Crippen LogP contribution in [0.2, 0.25) is 0 Å². The monoisotopic (exact) mass is 229 g/mol. The maximum Gasteiger partial charge on any atom is 0.190 e. The van der Waals surface area contributed by atoms with E-state index in [2.05, 4.69) is 15.4 Å². The molecule has 84 valence electrons. The summed E-state index contributed by atoms with van der Waals surface area (Å²) in [6.45, 7) is 0. The number of oxime groups is 1. The van der Waals surface area contributed by atoms with E-state index in [9.17, 15) is 0 Å². The summed E-state index contributed by atoms with van der Waals surface area (Å²) in [6.07, 6.45) is 4.24. The van der Waals surface area contributed by atoms with Gasteiger partial charge in [-0.1, -0.05) is 16.9 Å². The van der Waals surface area contributed by atoms with Gasteiger partial charge < -0.3 is 15.5 Å². The molecule has 6 nitrogen and oxygen atoms in total. The average molecular weight is 229 g/mol. The van der Waals surface area contributed by atoms with E-state index in [-0.39, 0.29) is 0 Å². The number of unbranched alkanes of at least 4 members (excludes halogenated alkanes) is 1. The van der Waals surface area contributed by atoms with Crippen molar-refractivity contribution >= 4 is 17.6 Å². The van der Waals surface area contributed by atoms with Crippen molar-refractivity contribution in [3.05, 3.63) is 6.33 Å². The minimum absolute atomic E-state index is 0.290. The van der Waals surface area contributed by atoms with Gasteiger partial charge in [0.05, 0.1) is 0 Å². The molecule has 0 bridgehead atoms. The molecule has 15 heavy (non-hydrogen) atoms. The van der Waals surface area contributed by atoms with Gasteiger partial charge in [-0.15, -0.1) is 10.2 Å². The lowest BCUT2D eigenvalue weighted by molar-refractivity contribution is 0.316. The molecule has 1 aromatic rings. The Bertz CT molecular complexity index is 325. The van der Waals surface area contributed by atoms with Gasteiger partial charge in [-0.2, -0.15) is 0 Å². The lowest BCUT2D eigenvalue weighted by Gasteiger charge is -2.00. The minimum Gasteiger partial charge on any atom is -0.409 e. The summed E-state index contributed by atoms with van der Waals surface area (Å²) in [5, 5.41) is 19.9. The zero-order valence-electron chi connectivity index (χ0n) is 8.63. The van der Waals surface area contributed by atoms with Gasteiger partial charge >= 0.3 is 0 Å². The third-order valence-corrected chi connectivity index (χ3v) is 2.98. The Hall–Kier alpha value is -1.24. The highest BCUT2D eigenvalue weighted by molar-refractivity contribution is 7.99. The second-order valence-electron chi connectivity index (χ2n) is 3.12. The number of aromatic nitrogens is 3. The Balaban J connectivity index is 2.10. The number of thioether (sulfide) groups is 1. The van der Waals surface area contributed by atoms with Crippen LogP contribution >= 0.6 is 11.8 Å². The van der Waals surface area contributed by atoms with E-state index in [4.69, 9.17) is 10.9 Å². The number of rotatable bonds is 6. The van der Waals surface area contributed by atoms with E-state index in [0.717, 1.165) is 23.8 Å². The molecule has 0 fully saturated rings. The van der Waals surface area contributed by atoms with Crippen LogP contribution in [0.25, 0.3) is 0 Å². The molecule has 3 N–H and O–H groups in total. The molecule has 7 heteroatoms. The summed E-state index contributed by atoms with van der Waals surface area (Å²) < 4.78 is 1.88. The lowest BCUT2D eigenvalue weighted by atomic mass is 10.2. The van der Waals surface area contributed by atoms with E-state index in [1.165, 1.54) is 0 Å². The van der Waals surface area contributed by atoms with Gasteiger partial charge in [-0.3, -0.25) is 0 Å². The fourth-order valence-corrected chi connectivity index (χ4v) is 1.91. The van der Waals surface area contributed by atoms with Crippen molar-refractivity contribution < 1.29 is 5.21 Å². The Morgan fingerprint density at radius 3 is 3.07 bits per heavy atom. The van der Waals surface area contributed by atoms with Crippen LogP contribution in [0.1, 0.15) is 19.3 Å². The van der Waals surface area contributed by atoms with Gasteiger partial charge in [0.2, 0.25) is 0 Å². The molecule has 1 rings (SSSR count). The van der Waals surface area contributed by atoms with E-state index in [1.54, 1.807) is 18.1 Å². The molecular weight excluding hydrogens is 214 g/mol. The molecule has 0 saturated heterocycles. The zero-order valence-corrected chi connectivity index (χ0v) is 9.44.